The van der Waals surface area contributed by atoms with Crippen LogP contribution in [0.3, 0.4) is 0 Å². The number of hydrogen-bond acceptors (Lipinski definition) is 4. The molecule has 1 fully saturated rings. The Hall–Kier alpha value is -0.550. The van der Waals surface area contributed by atoms with Gasteiger partial charge in [0.15, 0.2) is 0 Å². The Kier molecular flexibility index (Phi) is 5.71. The van der Waals surface area contributed by atoms with Crippen molar-refractivity contribution < 1.29 is 9.59 Å². The lowest BCUT2D eigenvalue weighted by molar-refractivity contribution is -0.134. The third-order valence-electron chi connectivity index (χ3n) is 2.41. The van der Waals surface area contributed by atoms with E-state index in [9.17, 15) is 9.59 Å². The summed E-state index contributed by atoms with van der Waals surface area (Å²) in [6.45, 7) is 0.854. The Labute approximate surface area is 94.6 Å². The average molecular weight is 230 g/mol. The van der Waals surface area contributed by atoms with Gasteiger partial charge in [-0.2, -0.15) is 11.8 Å². The molecule has 15 heavy (non-hydrogen) atoms. The molecule has 0 spiro atoms. The highest BCUT2D eigenvalue weighted by Gasteiger charge is 2.25. The molecule has 2 amide bonds. The van der Waals surface area contributed by atoms with Gasteiger partial charge in [-0.05, 0) is 37.8 Å². The van der Waals surface area contributed by atoms with Gasteiger partial charge in [-0.1, -0.05) is 0 Å². The molecule has 0 saturated carbocycles. The van der Waals surface area contributed by atoms with Crippen LogP contribution in [-0.4, -0.2) is 36.4 Å². The summed E-state index contributed by atoms with van der Waals surface area (Å²) in [7, 11) is 0. The van der Waals surface area contributed by atoms with Gasteiger partial charge in [-0.15, -0.1) is 0 Å². The van der Waals surface area contributed by atoms with Crippen LogP contribution in [0, 0.1) is 0 Å². The molecule has 0 bridgehead atoms. The maximum absolute atomic E-state index is 11.3. The Bertz CT molecular complexity index is 233. The van der Waals surface area contributed by atoms with Crippen LogP contribution >= 0.6 is 11.8 Å². The van der Waals surface area contributed by atoms with E-state index < -0.39 is 0 Å². The van der Waals surface area contributed by atoms with Gasteiger partial charge in [0.2, 0.25) is 11.8 Å². The van der Waals surface area contributed by atoms with Crippen LogP contribution in [0.15, 0.2) is 0 Å². The van der Waals surface area contributed by atoms with E-state index in [1.54, 1.807) is 0 Å². The molecule has 1 aliphatic rings. The van der Waals surface area contributed by atoms with E-state index in [2.05, 4.69) is 16.9 Å². The monoisotopic (exact) mass is 230 g/mol. The fraction of sp³-hybridized carbons (Fsp3) is 0.800. The van der Waals surface area contributed by atoms with Crippen LogP contribution < -0.4 is 10.6 Å². The van der Waals surface area contributed by atoms with Crippen LogP contribution in [0.4, 0.5) is 0 Å². The van der Waals surface area contributed by atoms with Gasteiger partial charge in [0.05, 0.1) is 6.04 Å². The Morgan fingerprint density at radius 3 is 2.93 bits per heavy atom. The van der Waals surface area contributed by atoms with Crippen LogP contribution in [-0.2, 0) is 9.59 Å². The number of unbranched alkanes of at least 4 members (excludes halogenated alkanes) is 1. The van der Waals surface area contributed by atoms with Crippen molar-refractivity contribution in [1.29, 1.82) is 0 Å². The number of piperidine rings is 1. The quantitative estimate of drug-likeness (QED) is 0.516. The maximum Gasteiger partial charge on any atom is 0.243 e. The van der Waals surface area contributed by atoms with Crippen molar-refractivity contribution in [3.8, 4) is 0 Å². The lowest BCUT2D eigenvalue weighted by atomic mass is 10.1. The van der Waals surface area contributed by atoms with E-state index in [0.29, 0.717) is 12.8 Å². The summed E-state index contributed by atoms with van der Waals surface area (Å²) in [6.07, 6.45) is 5.43. The first-order chi connectivity index (χ1) is 7.24. The zero-order chi connectivity index (χ0) is 11.1. The first-order valence-electron chi connectivity index (χ1n) is 5.30. The molecule has 0 aromatic carbocycles. The smallest absolute Gasteiger partial charge is 0.243 e. The van der Waals surface area contributed by atoms with Crippen molar-refractivity contribution in [3.05, 3.63) is 0 Å². The number of thioether (sulfide) groups is 1. The van der Waals surface area contributed by atoms with Gasteiger partial charge in [-0.25, -0.2) is 0 Å². The van der Waals surface area contributed by atoms with Gasteiger partial charge in [0.1, 0.15) is 0 Å². The van der Waals surface area contributed by atoms with Crippen molar-refractivity contribution in [2.24, 2.45) is 0 Å². The topological polar surface area (TPSA) is 58.2 Å². The second-order valence-corrected chi connectivity index (χ2v) is 4.64. The fourth-order valence-electron chi connectivity index (χ4n) is 1.54. The molecule has 0 aromatic heterocycles. The molecule has 1 aliphatic heterocycles. The van der Waals surface area contributed by atoms with E-state index in [4.69, 9.17) is 0 Å². The van der Waals surface area contributed by atoms with E-state index in [1.165, 1.54) is 6.42 Å². The second-order valence-electron chi connectivity index (χ2n) is 3.66. The predicted octanol–water partition coefficient (Wildman–Crippen LogP) is 0.524. The number of imide groups is 1. The lowest BCUT2D eigenvalue weighted by Gasteiger charge is -2.21. The molecular formula is C10H18N2O2S. The molecular weight excluding hydrogens is 212 g/mol. The predicted molar refractivity (Wildman–Crippen MR) is 61.8 cm³/mol. The number of carbonyl (C=O) groups excluding carboxylic acids is 2. The molecule has 5 heteroatoms. The summed E-state index contributed by atoms with van der Waals surface area (Å²) in [5.41, 5.74) is 0. The third kappa shape index (κ3) is 4.66. The molecule has 1 atom stereocenters. The van der Waals surface area contributed by atoms with Crippen LogP contribution in [0.2, 0.25) is 0 Å². The summed E-state index contributed by atoms with van der Waals surface area (Å²) < 4.78 is 0. The fourth-order valence-corrected chi connectivity index (χ4v) is 2.03. The van der Waals surface area contributed by atoms with Crippen LogP contribution in [0.5, 0.6) is 0 Å². The highest BCUT2D eigenvalue weighted by atomic mass is 32.2. The Morgan fingerprint density at radius 2 is 2.27 bits per heavy atom. The normalized spacial score (nSPS) is 21.5. The highest BCUT2D eigenvalue weighted by molar-refractivity contribution is 7.98. The van der Waals surface area contributed by atoms with E-state index in [1.807, 2.05) is 11.8 Å². The van der Waals surface area contributed by atoms with Crippen molar-refractivity contribution in [3.63, 3.8) is 0 Å². The summed E-state index contributed by atoms with van der Waals surface area (Å²) in [6, 6.07) is -0.169. The first-order valence-corrected chi connectivity index (χ1v) is 6.69. The molecule has 0 aliphatic carbocycles. The van der Waals surface area contributed by atoms with Crippen molar-refractivity contribution >= 4 is 23.6 Å². The van der Waals surface area contributed by atoms with Crippen LogP contribution in [0.25, 0.3) is 0 Å². The molecule has 2 N–H and O–H groups in total. The minimum atomic E-state index is -0.170. The van der Waals surface area contributed by atoms with Crippen molar-refractivity contribution in [1.82, 2.24) is 10.6 Å². The Morgan fingerprint density at radius 1 is 1.47 bits per heavy atom. The van der Waals surface area contributed by atoms with E-state index in [-0.39, 0.29) is 17.9 Å². The molecule has 1 rings (SSSR count). The number of carbonyl (C=O) groups is 2. The number of rotatable bonds is 6. The van der Waals surface area contributed by atoms with E-state index in [0.717, 1.165) is 18.7 Å². The van der Waals surface area contributed by atoms with Crippen molar-refractivity contribution in [2.75, 3.05) is 18.6 Å². The molecule has 0 radical (unpaired) electrons. The lowest BCUT2D eigenvalue weighted by Crippen LogP contribution is -2.50. The van der Waals surface area contributed by atoms with E-state index >= 15 is 0 Å². The maximum atomic E-state index is 11.3. The van der Waals surface area contributed by atoms with Crippen molar-refractivity contribution in [2.45, 2.75) is 31.7 Å². The molecule has 86 valence electrons. The minimum absolute atomic E-state index is 0.152. The highest BCUT2D eigenvalue weighted by Crippen LogP contribution is 2.04. The van der Waals surface area contributed by atoms with Gasteiger partial charge in [0.25, 0.3) is 0 Å². The molecule has 1 saturated heterocycles. The number of amides is 2. The summed E-state index contributed by atoms with van der Waals surface area (Å²) in [5, 5.41) is 5.51. The van der Waals surface area contributed by atoms with Gasteiger partial charge >= 0.3 is 0 Å². The van der Waals surface area contributed by atoms with Crippen LogP contribution in [0.1, 0.15) is 25.7 Å². The van der Waals surface area contributed by atoms with Gasteiger partial charge < -0.3 is 5.32 Å². The number of hydrogen-bond donors (Lipinski definition) is 2. The summed E-state index contributed by atoms with van der Waals surface area (Å²) in [5.74, 6) is 0.841. The summed E-state index contributed by atoms with van der Waals surface area (Å²) in [4.78, 5) is 22.2. The summed E-state index contributed by atoms with van der Waals surface area (Å²) >= 11 is 1.84. The second kappa shape index (κ2) is 6.85. The number of nitrogens with one attached hydrogen (secondary N) is 2. The van der Waals surface area contributed by atoms with Gasteiger partial charge in [0, 0.05) is 6.42 Å². The molecule has 1 heterocycles. The minimum Gasteiger partial charge on any atom is -0.306 e. The first kappa shape index (κ1) is 12.5. The van der Waals surface area contributed by atoms with Gasteiger partial charge in [-0.3, -0.25) is 14.9 Å². The zero-order valence-corrected chi connectivity index (χ0v) is 9.86. The SMILES string of the molecule is CSCCCCNC1CCC(=O)NC1=O. The largest absolute Gasteiger partial charge is 0.306 e. The molecule has 4 nitrogen and oxygen atoms in total. The zero-order valence-electron chi connectivity index (χ0n) is 9.04. The standard InChI is InChI=1S/C10H18N2O2S/c1-15-7-3-2-6-11-8-4-5-9(13)12-10(8)14/h8,11H,2-7H2,1H3,(H,12,13,14). The average Bonchev–Trinajstić information content (AvgIpc) is 2.20. The third-order valence-corrected chi connectivity index (χ3v) is 3.10. The molecule has 0 aromatic rings. The molecule has 1 unspecified atom stereocenters. The Balaban J connectivity index is 2.10.